The van der Waals surface area contributed by atoms with E-state index >= 15 is 0 Å². The minimum atomic E-state index is -0.0379. The summed E-state index contributed by atoms with van der Waals surface area (Å²) in [6, 6.07) is 18.8. The zero-order valence-corrected chi connectivity index (χ0v) is 11.2. The minimum Gasteiger partial charge on any atom is -0.287 e. The molecule has 92 valence electrons. The van der Waals surface area contributed by atoms with E-state index < -0.39 is 0 Å². The molecule has 1 heteroatoms. The van der Waals surface area contributed by atoms with Crippen molar-refractivity contribution in [3.05, 3.63) is 60.2 Å². The van der Waals surface area contributed by atoms with Crippen LogP contribution in [0.3, 0.4) is 0 Å². The molecule has 2 rings (SSSR count). The first-order valence-electron chi connectivity index (χ1n) is 6.26. The lowest BCUT2D eigenvalue weighted by atomic mass is 10.0. The Morgan fingerprint density at radius 2 is 1.44 bits per heavy atom. The summed E-state index contributed by atoms with van der Waals surface area (Å²) in [5.41, 5.74) is 3.59. The zero-order valence-electron chi connectivity index (χ0n) is 11.2. The van der Waals surface area contributed by atoms with Crippen LogP contribution in [0.25, 0.3) is 11.1 Å². The van der Waals surface area contributed by atoms with E-state index in [1.54, 1.807) is 0 Å². The third-order valence-corrected chi connectivity index (χ3v) is 2.64. The maximum Gasteiger partial charge on any atom is 0.0524 e. The fourth-order valence-electron chi connectivity index (χ4n) is 1.75. The molecule has 0 fully saturated rings. The topological polar surface area (TPSA) is 12.4 Å². The van der Waals surface area contributed by atoms with E-state index in [2.05, 4.69) is 74.3 Å². The van der Waals surface area contributed by atoms with Crippen molar-refractivity contribution < 1.29 is 0 Å². The smallest absolute Gasteiger partial charge is 0.0524 e. The van der Waals surface area contributed by atoms with Crippen LogP contribution >= 0.6 is 0 Å². The van der Waals surface area contributed by atoms with Gasteiger partial charge in [-0.05, 0) is 31.9 Å². The molecule has 0 aliphatic rings. The second kappa shape index (κ2) is 5.18. The quantitative estimate of drug-likeness (QED) is 0.678. The lowest BCUT2D eigenvalue weighted by Crippen LogP contribution is -2.09. The van der Waals surface area contributed by atoms with E-state index in [-0.39, 0.29) is 5.54 Å². The van der Waals surface area contributed by atoms with Crippen LogP contribution in [0.5, 0.6) is 0 Å². The molecule has 18 heavy (non-hydrogen) atoms. The van der Waals surface area contributed by atoms with Gasteiger partial charge in [0.1, 0.15) is 0 Å². The first-order valence-corrected chi connectivity index (χ1v) is 6.26. The summed E-state index contributed by atoms with van der Waals surface area (Å²) >= 11 is 0. The van der Waals surface area contributed by atoms with Crippen molar-refractivity contribution in [1.82, 2.24) is 0 Å². The Labute approximate surface area is 109 Å². The van der Waals surface area contributed by atoms with Gasteiger partial charge in [-0.3, -0.25) is 4.99 Å². The average molecular weight is 237 g/mol. The van der Waals surface area contributed by atoms with Crippen LogP contribution in [0.4, 0.5) is 0 Å². The number of benzene rings is 2. The summed E-state index contributed by atoms with van der Waals surface area (Å²) < 4.78 is 0. The molecule has 0 aromatic heterocycles. The first-order chi connectivity index (χ1) is 8.56. The van der Waals surface area contributed by atoms with Crippen LogP contribution < -0.4 is 0 Å². The van der Waals surface area contributed by atoms with Crippen molar-refractivity contribution in [3.63, 3.8) is 0 Å². The molecule has 0 radical (unpaired) electrons. The van der Waals surface area contributed by atoms with E-state index in [9.17, 15) is 0 Å². The SMILES string of the molecule is CC(C)(C)N=Cc1ccccc1-c1ccccc1. The Morgan fingerprint density at radius 1 is 0.833 bits per heavy atom. The van der Waals surface area contributed by atoms with Crippen LogP contribution in [-0.2, 0) is 0 Å². The van der Waals surface area contributed by atoms with Crippen molar-refractivity contribution in [1.29, 1.82) is 0 Å². The number of aliphatic imine (C=N–C) groups is 1. The predicted molar refractivity (Wildman–Crippen MR) is 79.2 cm³/mol. The first kappa shape index (κ1) is 12.6. The highest BCUT2D eigenvalue weighted by molar-refractivity contribution is 5.90. The Morgan fingerprint density at radius 3 is 2.11 bits per heavy atom. The standard InChI is InChI=1S/C17H19N/c1-17(2,3)18-13-15-11-7-8-12-16(15)14-9-5-4-6-10-14/h4-13H,1-3H3. The maximum atomic E-state index is 4.59. The molecule has 0 aliphatic heterocycles. The molecule has 0 N–H and O–H groups in total. The molecule has 0 amide bonds. The molecular formula is C17H19N. The molecule has 0 atom stereocenters. The van der Waals surface area contributed by atoms with Crippen molar-refractivity contribution in [3.8, 4) is 11.1 Å². The Hall–Kier alpha value is -1.89. The second-order valence-electron chi connectivity index (χ2n) is 5.38. The van der Waals surface area contributed by atoms with Gasteiger partial charge in [-0.2, -0.15) is 0 Å². The highest BCUT2D eigenvalue weighted by Crippen LogP contribution is 2.22. The van der Waals surface area contributed by atoms with Crippen molar-refractivity contribution in [2.24, 2.45) is 4.99 Å². The third kappa shape index (κ3) is 3.30. The van der Waals surface area contributed by atoms with Gasteiger partial charge >= 0.3 is 0 Å². The molecule has 2 aromatic rings. The number of nitrogens with zero attached hydrogens (tertiary/aromatic N) is 1. The van der Waals surface area contributed by atoms with Crippen LogP contribution in [-0.4, -0.2) is 11.8 Å². The molecular weight excluding hydrogens is 218 g/mol. The van der Waals surface area contributed by atoms with Gasteiger partial charge in [-0.1, -0.05) is 54.6 Å². The largest absolute Gasteiger partial charge is 0.287 e. The van der Waals surface area contributed by atoms with Crippen molar-refractivity contribution in [2.45, 2.75) is 26.3 Å². The summed E-state index contributed by atoms with van der Waals surface area (Å²) in [4.78, 5) is 4.59. The summed E-state index contributed by atoms with van der Waals surface area (Å²) in [6.07, 6.45) is 1.97. The van der Waals surface area contributed by atoms with E-state index in [1.165, 1.54) is 16.7 Å². The van der Waals surface area contributed by atoms with Crippen molar-refractivity contribution in [2.75, 3.05) is 0 Å². The molecule has 0 unspecified atom stereocenters. The van der Waals surface area contributed by atoms with Gasteiger partial charge in [0.25, 0.3) is 0 Å². The highest BCUT2D eigenvalue weighted by atomic mass is 14.8. The van der Waals surface area contributed by atoms with E-state index in [0.717, 1.165) is 0 Å². The molecule has 0 saturated heterocycles. The van der Waals surface area contributed by atoms with Gasteiger partial charge < -0.3 is 0 Å². The minimum absolute atomic E-state index is 0.0379. The van der Waals surface area contributed by atoms with Gasteiger partial charge in [0.05, 0.1) is 5.54 Å². The molecule has 0 spiro atoms. The summed E-state index contributed by atoms with van der Waals surface area (Å²) in [5, 5.41) is 0. The average Bonchev–Trinajstić information content (AvgIpc) is 2.37. The number of hydrogen-bond acceptors (Lipinski definition) is 1. The molecule has 1 nitrogen and oxygen atoms in total. The van der Waals surface area contributed by atoms with E-state index in [4.69, 9.17) is 0 Å². The monoisotopic (exact) mass is 237 g/mol. The molecule has 0 bridgehead atoms. The van der Waals surface area contributed by atoms with Crippen LogP contribution in [0.15, 0.2) is 59.6 Å². The number of hydrogen-bond donors (Lipinski definition) is 0. The van der Waals surface area contributed by atoms with Gasteiger partial charge in [0.15, 0.2) is 0 Å². The summed E-state index contributed by atoms with van der Waals surface area (Å²) in [6.45, 7) is 6.32. The molecule has 2 aromatic carbocycles. The third-order valence-electron chi connectivity index (χ3n) is 2.64. The van der Waals surface area contributed by atoms with Gasteiger partial charge in [-0.15, -0.1) is 0 Å². The van der Waals surface area contributed by atoms with Gasteiger partial charge in [0, 0.05) is 11.8 Å². The lowest BCUT2D eigenvalue weighted by molar-refractivity contribution is 0.587. The maximum absolute atomic E-state index is 4.59. The van der Waals surface area contributed by atoms with Crippen molar-refractivity contribution >= 4 is 6.21 Å². The highest BCUT2D eigenvalue weighted by Gasteiger charge is 2.06. The molecule has 0 heterocycles. The second-order valence-corrected chi connectivity index (χ2v) is 5.38. The molecule has 0 saturated carbocycles. The van der Waals surface area contributed by atoms with Gasteiger partial charge in [0.2, 0.25) is 0 Å². The van der Waals surface area contributed by atoms with Crippen LogP contribution in [0.1, 0.15) is 26.3 Å². The van der Waals surface area contributed by atoms with Crippen LogP contribution in [0, 0.1) is 0 Å². The zero-order chi connectivity index (χ0) is 13.0. The van der Waals surface area contributed by atoms with E-state index in [0.29, 0.717) is 0 Å². The Bertz CT molecular complexity index is 533. The van der Waals surface area contributed by atoms with E-state index in [1.807, 2.05) is 12.3 Å². The Balaban J connectivity index is 2.41. The summed E-state index contributed by atoms with van der Waals surface area (Å²) in [5.74, 6) is 0. The predicted octanol–water partition coefficient (Wildman–Crippen LogP) is 4.57. The normalized spacial score (nSPS) is 11.9. The Kier molecular flexibility index (Phi) is 3.61. The number of rotatable bonds is 2. The van der Waals surface area contributed by atoms with Gasteiger partial charge in [-0.25, -0.2) is 0 Å². The lowest BCUT2D eigenvalue weighted by Gasteiger charge is -2.12. The molecule has 0 aliphatic carbocycles. The summed E-state index contributed by atoms with van der Waals surface area (Å²) in [7, 11) is 0. The fraction of sp³-hybridized carbons (Fsp3) is 0.235. The fourth-order valence-corrected chi connectivity index (χ4v) is 1.75. The van der Waals surface area contributed by atoms with Crippen LogP contribution in [0.2, 0.25) is 0 Å².